The Kier molecular flexibility index (Phi) is 5.05. The Morgan fingerprint density at radius 1 is 1.05 bits per heavy atom. The molecule has 0 saturated heterocycles. The van der Waals surface area contributed by atoms with E-state index >= 15 is 0 Å². The molecule has 0 saturated carbocycles. The number of hydrogen-bond donors (Lipinski definition) is 1. The first-order chi connectivity index (χ1) is 9.47. The van der Waals surface area contributed by atoms with E-state index in [1.54, 1.807) is 24.3 Å². The Morgan fingerprint density at radius 2 is 1.75 bits per heavy atom. The van der Waals surface area contributed by atoms with E-state index in [2.05, 4.69) is 5.32 Å². The van der Waals surface area contributed by atoms with Crippen LogP contribution in [0.15, 0.2) is 30.3 Å². The summed E-state index contributed by atoms with van der Waals surface area (Å²) in [5.74, 6) is -0.273. The Bertz CT molecular complexity index is 669. The third kappa shape index (κ3) is 3.73. The highest BCUT2D eigenvalue weighted by Gasteiger charge is 2.12. The molecule has 104 valence electrons. The van der Waals surface area contributed by atoms with Crippen molar-refractivity contribution in [1.29, 1.82) is 0 Å². The van der Waals surface area contributed by atoms with Gasteiger partial charge in [-0.25, -0.2) is 0 Å². The Morgan fingerprint density at radius 3 is 2.35 bits per heavy atom. The van der Waals surface area contributed by atoms with Crippen LogP contribution in [-0.2, 0) is 6.54 Å². The fraction of sp³-hybridized carbons (Fsp3) is 0.0769. The maximum atomic E-state index is 11.9. The fourth-order valence-electron chi connectivity index (χ4n) is 1.48. The molecule has 20 heavy (non-hydrogen) atoms. The second-order valence-corrected chi connectivity index (χ2v) is 6.11. The summed E-state index contributed by atoms with van der Waals surface area (Å²) in [6, 6.07) is 8.21. The normalized spacial score (nSPS) is 10.3. The highest BCUT2D eigenvalue weighted by molar-refractivity contribution is 7.17. The lowest BCUT2D eigenvalue weighted by atomic mass is 10.2. The fourth-order valence-corrected chi connectivity index (χ4v) is 2.74. The van der Waals surface area contributed by atoms with E-state index in [1.807, 2.05) is 0 Å². The minimum absolute atomic E-state index is 0.273. The predicted octanol–water partition coefficient (Wildman–Crippen LogP) is 4.36. The van der Waals surface area contributed by atoms with Crippen LogP contribution in [0, 0.1) is 0 Å². The van der Waals surface area contributed by atoms with Crippen molar-refractivity contribution in [2.24, 2.45) is 0 Å². The summed E-state index contributed by atoms with van der Waals surface area (Å²) in [7, 11) is 0. The van der Waals surface area contributed by atoms with Gasteiger partial charge in [-0.3, -0.25) is 9.59 Å². The van der Waals surface area contributed by atoms with Gasteiger partial charge in [0.15, 0.2) is 0 Å². The van der Waals surface area contributed by atoms with Crippen molar-refractivity contribution in [1.82, 2.24) is 5.32 Å². The molecule has 1 aromatic heterocycles. The Hall–Kier alpha value is -1.07. The Balaban J connectivity index is 2.00. The van der Waals surface area contributed by atoms with Gasteiger partial charge in [-0.15, -0.1) is 11.3 Å². The molecular weight excluding hydrogens is 341 g/mol. The number of thiophene rings is 1. The highest BCUT2D eigenvalue weighted by atomic mass is 35.5. The average molecular weight is 349 g/mol. The van der Waals surface area contributed by atoms with Gasteiger partial charge in [-0.1, -0.05) is 29.3 Å². The van der Waals surface area contributed by atoms with E-state index in [0.717, 1.165) is 16.9 Å². The summed E-state index contributed by atoms with van der Waals surface area (Å²) in [6.45, 7) is 0.317. The lowest BCUT2D eigenvalue weighted by Gasteiger charge is -2.05. The first-order valence-corrected chi connectivity index (χ1v) is 7.44. The molecule has 1 aromatic carbocycles. The first-order valence-electron chi connectivity index (χ1n) is 5.49. The van der Waals surface area contributed by atoms with E-state index in [1.165, 1.54) is 6.07 Å². The van der Waals surface area contributed by atoms with Crippen molar-refractivity contribution in [2.45, 2.75) is 6.54 Å². The van der Waals surface area contributed by atoms with E-state index < -0.39 is 5.24 Å². The summed E-state index contributed by atoms with van der Waals surface area (Å²) in [4.78, 5) is 23.6. The first kappa shape index (κ1) is 15.3. The van der Waals surface area contributed by atoms with Gasteiger partial charge in [-0.05, 0) is 41.4 Å². The van der Waals surface area contributed by atoms with Crippen LogP contribution in [0.25, 0.3) is 0 Å². The molecule has 0 aliphatic heterocycles. The van der Waals surface area contributed by atoms with Crippen molar-refractivity contribution >= 4 is 57.3 Å². The summed E-state index contributed by atoms with van der Waals surface area (Å²) in [5, 5.41) is 3.06. The molecule has 1 heterocycles. The highest BCUT2D eigenvalue weighted by Crippen LogP contribution is 2.23. The molecule has 0 aliphatic carbocycles. The number of nitrogens with one attached hydrogen (secondary N) is 1. The number of hydrogen-bond acceptors (Lipinski definition) is 3. The topological polar surface area (TPSA) is 46.2 Å². The van der Waals surface area contributed by atoms with Crippen LogP contribution in [-0.4, -0.2) is 11.1 Å². The summed E-state index contributed by atoms with van der Waals surface area (Å²) >= 11 is 18.1. The van der Waals surface area contributed by atoms with Gasteiger partial charge in [-0.2, -0.15) is 0 Å². The van der Waals surface area contributed by atoms with Crippen molar-refractivity contribution in [2.75, 3.05) is 0 Å². The van der Waals surface area contributed by atoms with Gasteiger partial charge in [0.1, 0.15) is 0 Å². The van der Waals surface area contributed by atoms with Gasteiger partial charge < -0.3 is 5.32 Å². The summed E-state index contributed by atoms with van der Waals surface area (Å²) < 4.78 is 0. The zero-order valence-corrected chi connectivity index (χ0v) is 13.0. The molecule has 2 aromatic rings. The molecular formula is C13H8Cl3NO2S. The van der Waals surface area contributed by atoms with Crippen molar-refractivity contribution in [3.05, 3.63) is 55.7 Å². The molecule has 3 nitrogen and oxygen atoms in total. The standard InChI is InChI=1S/C13H8Cl3NO2S/c14-8-2-1-7(5-9(8)15)6-17-13(19)11-4-3-10(20-11)12(16)18/h1-5H,6H2,(H,17,19). The molecule has 0 bridgehead atoms. The van der Waals surface area contributed by atoms with Crippen molar-refractivity contribution in [3.63, 3.8) is 0 Å². The third-order valence-electron chi connectivity index (χ3n) is 2.46. The monoisotopic (exact) mass is 347 g/mol. The molecule has 2 rings (SSSR count). The van der Waals surface area contributed by atoms with E-state index in [4.69, 9.17) is 34.8 Å². The van der Waals surface area contributed by atoms with Gasteiger partial charge in [0.05, 0.1) is 19.8 Å². The second-order valence-electron chi connectivity index (χ2n) is 3.87. The zero-order valence-electron chi connectivity index (χ0n) is 9.95. The largest absolute Gasteiger partial charge is 0.347 e. The van der Waals surface area contributed by atoms with Crippen LogP contribution in [0.1, 0.15) is 24.9 Å². The number of halogens is 3. The van der Waals surface area contributed by atoms with Crippen LogP contribution < -0.4 is 5.32 Å². The van der Waals surface area contributed by atoms with E-state index in [-0.39, 0.29) is 5.91 Å². The maximum absolute atomic E-state index is 11.9. The van der Waals surface area contributed by atoms with Crippen LogP contribution in [0.2, 0.25) is 10.0 Å². The quantitative estimate of drug-likeness (QED) is 0.834. The molecule has 1 amide bonds. The molecule has 0 radical (unpaired) electrons. The number of amides is 1. The minimum atomic E-state index is -0.571. The number of benzene rings is 1. The van der Waals surface area contributed by atoms with Crippen LogP contribution in [0.3, 0.4) is 0 Å². The molecule has 0 spiro atoms. The average Bonchev–Trinajstić information content (AvgIpc) is 2.89. The lowest BCUT2D eigenvalue weighted by Crippen LogP contribution is -2.21. The third-order valence-corrected chi connectivity index (χ3v) is 4.60. The van der Waals surface area contributed by atoms with Gasteiger partial charge in [0.25, 0.3) is 11.1 Å². The molecule has 7 heteroatoms. The second kappa shape index (κ2) is 6.59. The zero-order chi connectivity index (χ0) is 14.7. The van der Waals surface area contributed by atoms with E-state index in [9.17, 15) is 9.59 Å². The molecule has 0 fully saturated rings. The van der Waals surface area contributed by atoms with Gasteiger partial charge >= 0.3 is 0 Å². The van der Waals surface area contributed by atoms with E-state index in [0.29, 0.717) is 26.3 Å². The predicted molar refractivity (Wildman–Crippen MR) is 82.1 cm³/mol. The summed E-state index contributed by atoms with van der Waals surface area (Å²) in [6.07, 6.45) is 0. The van der Waals surface area contributed by atoms with Crippen LogP contribution in [0.4, 0.5) is 0 Å². The van der Waals surface area contributed by atoms with Crippen LogP contribution in [0.5, 0.6) is 0 Å². The number of carbonyl (C=O) groups excluding carboxylic acids is 2. The minimum Gasteiger partial charge on any atom is -0.347 e. The smallest absolute Gasteiger partial charge is 0.262 e. The number of rotatable bonds is 4. The molecule has 0 aliphatic rings. The van der Waals surface area contributed by atoms with Gasteiger partial charge in [0, 0.05) is 6.54 Å². The van der Waals surface area contributed by atoms with Crippen molar-refractivity contribution < 1.29 is 9.59 Å². The molecule has 0 atom stereocenters. The lowest BCUT2D eigenvalue weighted by molar-refractivity contribution is 0.0954. The van der Waals surface area contributed by atoms with Gasteiger partial charge in [0.2, 0.25) is 0 Å². The SMILES string of the molecule is O=C(Cl)c1ccc(C(=O)NCc2ccc(Cl)c(Cl)c2)s1. The summed E-state index contributed by atoms with van der Waals surface area (Å²) in [5.41, 5.74) is 0.831. The maximum Gasteiger partial charge on any atom is 0.262 e. The molecule has 1 N–H and O–H groups in total. The number of carbonyl (C=O) groups is 2. The Labute approximate surface area is 134 Å². The van der Waals surface area contributed by atoms with Crippen LogP contribution >= 0.6 is 46.1 Å². The molecule has 0 unspecified atom stereocenters. The van der Waals surface area contributed by atoms with Crippen molar-refractivity contribution in [3.8, 4) is 0 Å².